The van der Waals surface area contributed by atoms with Gasteiger partial charge in [-0.1, -0.05) is 36.4 Å². The van der Waals surface area contributed by atoms with Gasteiger partial charge in [-0.25, -0.2) is 4.39 Å². The Morgan fingerprint density at radius 1 is 0.968 bits per heavy atom. The summed E-state index contributed by atoms with van der Waals surface area (Å²) >= 11 is 0. The SMILES string of the molecule is COc1ccc(CCN(C)[C@@H](C(=O)Nc2ccc(F)cc2)c2ccccc2)cc1OC. The number of rotatable bonds is 9. The van der Waals surface area contributed by atoms with E-state index in [1.165, 1.54) is 12.1 Å². The van der Waals surface area contributed by atoms with Gasteiger partial charge in [0.2, 0.25) is 5.91 Å². The number of nitrogens with one attached hydrogen (secondary N) is 1. The summed E-state index contributed by atoms with van der Waals surface area (Å²) in [7, 11) is 5.14. The van der Waals surface area contributed by atoms with E-state index in [0.717, 1.165) is 17.5 Å². The first kappa shape index (κ1) is 22.3. The van der Waals surface area contributed by atoms with Gasteiger partial charge < -0.3 is 14.8 Å². The fourth-order valence-electron chi connectivity index (χ4n) is 3.46. The number of carbonyl (C=O) groups excluding carboxylic acids is 1. The van der Waals surface area contributed by atoms with Gasteiger partial charge in [0.25, 0.3) is 0 Å². The van der Waals surface area contributed by atoms with Gasteiger partial charge in [-0.15, -0.1) is 0 Å². The zero-order chi connectivity index (χ0) is 22.2. The lowest BCUT2D eigenvalue weighted by molar-refractivity contribution is -0.121. The van der Waals surface area contributed by atoms with Crippen molar-refractivity contribution in [3.8, 4) is 11.5 Å². The second-order valence-corrected chi connectivity index (χ2v) is 7.23. The molecular weight excluding hydrogens is 395 g/mol. The van der Waals surface area contributed by atoms with E-state index in [1.807, 2.05) is 60.5 Å². The number of benzene rings is 3. The highest BCUT2D eigenvalue weighted by molar-refractivity contribution is 5.95. The lowest BCUT2D eigenvalue weighted by Crippen LogP contribution is -2.36. The maximum absolute atomic E-state index is 13.2. The topological polar surface area (TPSA) is 50.8 Å². The molecular formula is C25H27FN2O3. The average Bonchev–Trinajstić information content (AvgIpc) is 2.79. The first-order valence-corrected chi connectivity index (χ1v) is 10.0. The molecule has 0 aliphatic rings. The Kier molecular flexibility index (Phi) is 7.62. The minimum absolute atomic E-state index is 0.174. The molecule has 0 radical (unpaired) electrons. The van der Waals surface area contributed by atoms with Gasteiger partial charge in [0.05, 0.1) is 14.2 Å². The van der Waals surface area contributed by atoms with Crippen LogP contribution >= 0.6 is 0 Å². The molecule has 0 heterocycles. The van der Waals surface area contributed by atoms with Crippen molar-refractivity contribution >= 4 is 11.6 Å². The van der Waals surface area contributed by atoms with E-state index in [4.69, 9.17) is 9.47 Å². The quantitative estimate of drug-likeness (QED) is 0.543. The normalized spacial score (nSPS) is 11.8. The van der Waals surface area contributed by atoms with Gasteiger partial charge >= 0.3 is 0 Å². The van der Waals surface area contributed by atoms with Gasteiger partial charge in [-0.2, -0.15) is 0 Å². The molecule has 0 unspecified atom stereocenters. The fraction of sp³-hybridized carbons (Fsp3) is 0.240. The second kappa shape index (κ2) is 10.6. The number of ether oxygens (including phenoxy) is 2. The molecule has 3 aromatic carbocycles. The summed E-state index contributed by atoms with van der Waals surface area (Å²) in [5.74, 6) is 0.842. The molecule has 0 spiro atoms. The molecule has 0 aliphatic carbocycles. The van der Waals surface area contributed by atoms with Crippen LogP contribution in [0, 0.1) is 5.82 Å². The van der Waals surface area contributed by atoms with E-state index < -0.39 is 6.04 Å². The van der Waals surface area contributed by atoms with Crippen LogP contribution in [-0.4, -0.2) is 38.6 Å². The molecule has 162 valence electrons. The zero-order valence-electron chi connectivity index (χ0n) is 18.0. The van der Waals surface area contributed by atoms with Crippen molar-refractivity contribution in [2.75, 3.05) is 33.1 Å². The van der Waals surface area contributed by atoms with E-state index in [0.29, 0.717) is 23.7 Å². The van der Waals surface area contributed by atoms with Gasteiger partial charge in [0.15, 0.2) is 11.5 Å². The first-order valence-electron chi connectivity index (χ1n) is 10.0. The van der Waals surface area contributed by atoms with Crippen molar-refractivity contribution in [2.45, 2.75) is 12.5 Å². The number of methoxy groups -OCH3 is 2. The Balaban J connectivity index is 1.76. The number of amides is 1. The van der Waals surface area contributed by atoms with Crippen LogP contribution in [0.2, 0.25) is 0 Å². The lowest BCUT2D eigenvalue weighted by atomic mass is 10.0. The largest absolute Gasteiger partial charge is 0.493 e. The molecule has 1 amide bonds. The number of hydrogen-bond donors (Lipinski definition) is 1. The highest BCUT2D eigenvalue weighted by atomic mass is 19.1. The van der Waals surface area contributed by atoms with Crippen LogP contribution in [-0.2, 0) is 11.2 Å². The molecule has 1 atom stereocenters. The summed E-state index contributed by atoms with van der Waals surface area (Å²) in [6.07, 6.45) is 0.726. The minimum Gasteiger partial charge on any atom is -0.493 e. The van der Waals surface area contributed by atoms with Crippen LogP contribution < -0.4 is 14.8 Å². The highest BCUT2D eigenvalue weighted by Gasteiger charge is 2.25. The summed E-state index contributed by atoms with van der Waals surface area (Å²) in [6, 6.07) is 20.7. The Labute approximate surface area is 182 Å². The Morgan fingerprint density at radius 3 is 2.29 bits per heavy atom. The molecule has 0 aromatic heterocycles. The van der Waals surface area contributed by atoms with Crippen LogP contribution in [0.1, 0.15) is 17.2 Å². The molecule has 0 fully saturated rings. The summed E-state index contributed by atoms with van der Waals surface area (Å²) < 4.78 is 23.9. The van der Waals surface area contributed by atoms with Crippen LogP contribution in [0.5, 0.6) is 11.5 Å². The van der Waals surface area contributed by atoms with Gasteiger partial charge in [-0.05, 0) is 61.0 Å². The molecule has 0 saturated heterocycles. The number of likely N-dealkylation sites (N-methyl/N-ethyl adjacent to an activating group) is 1. The number of anilines is 1. The van der Waals surface area contributed by atoms with E-state index in [-0.39, 0.29) is 11.7 Å². The molecule has 3 rings (SSSR count). The summed E-state index contributed by atoms with van der Waals surface area (Å²) in [6.45, 7) is 0.645. The minimum atomic E-state index is -0.494. The fourth-order valence-corrected chi connectivity index (χ4v) is 3.46. The molecule has 0 aliphatic heterocycles. The summed E-state index contributed by atoms with van der Waals surface area (Å²) in [5, 5.41) is 2.90. The number of nitrogens with zero attached hydrogens (tertiary/aromatic N) is 1. The zero-order valence-corrected chi connectivity index (χ0v) is 18.0. The van der Waals surface area contributed by atoms with Crippen molar-refractivity contribution < 1.29 is 18.7 Å². The van der Waals surface area contributed by atoms with Crippen molar-refractivity contribution in [1.29, 1.82) is 0 Å². The monoisotopic (exact) mass is 422 g/mol. The molecule has 0 saturated carbocycles. The van der Waals surface area contributed by atoms with Crippen LogP contribution in [0.4, 0.5) is 10.1 Å². The average molecular weight is 423 g/mol. The van der Waals surface area contributed by atoms with Crippen molar-refractivity contribution in [1.82, 2.24) is 4.90 Å². The Morgan fingerprint density at radius 2 is 1.65 bits per heavy atom. The number of hydrogen-bond acceptors (Lipinski definition) is 4. The standard InChI is InChI=1S/C25H27FN2O3/c1-28(16-15-18-9-14-22(30-2)23(17-18)31-3)24(19-7-5-4-6-8-19)25(29)27-21-12-10-20(26)11-13-21/h4-14,17,24H,15-16H2,1-3H3,(H,27,29)/t24-/m1/s1. The molecule has 3 aromatic rings. The van der Waals surface area contributed by atoms with Crippen molar-refractivity contribution in [3.05, 3.63) is 89.7 Å². The van der Waals surface area contributed by atoms with Crippen molar-refractivity contribution in [3.63, 3.8) is 0 Å². The number of carbonyl (C=O) groups is 1. The number of halogens is 1. The van der Waals surface area contributed by atoms with Gasteiger partial charge in [0, 0.05) is 12.2 Å². The Bertz CT molecular complexity index is 993. The third kappa shape index (κ3) is 5.83. The van der Waals surface area contributed by atoms with E-state index in [9.17, 15) is 9.18 Å². The summed E-state index contributed by atoms with van der Waals surface area (Å²) in [4.78, 5) is 15.2. The van der Waals surface area contributed by atoms with Crippen LogP contribution in [0.3, 0.4) is 0 Å². The highest BCUT2D eigenvalue weighted by Crippen LogP contribution is 2.28. The second-order valence-electron chi connectivity index (χ2n) is 7.23. The van der Waals surface area contributed by atoms with E-state index in [2.05, 4.69) is 5.32 Å². The lowest BCUT2D eigenvalue weighted by Gasteiger charge is -2.27. The maximum atomic E-state index is 13.2. The Hall–Kier alpha value is -3.38. The van der Waals surface area contributed by atoms with Crippen LogP contribution in [0.25, 0.3) is 0 Å². The third-order valence-corrected chi connectivity index (χ3v) is 5.12. The molecule has 5 nitrogen and oxygen atoms in total. The molecule has 6 heteroatoms. The van der Waals surface area contributed by atoms with Crippen LogP contribution in [0.15, 0.2) is 72.8 Å². The van der Waals surface area contributed by atoms with E-state index >= 15 is 0 Å². The van der Waals surface area contributed by atoms with Gasteiger partial charge in [0.1, 0.15) is 11.9 Å². The molecule has 0 bridgehead atoms. The smallest absolute Gasteiger partial charge is 0.246 e. The molecule has 1 N–H and O–H groups in total. The summed E-state index contributed by atoms with van der Waals surface area (Å²) in [5.41, 5.74) is 2.52. The molecule has 31 heavy (non-hydrogen) atoms. The van der Waals surface area contributed by atoms with E-state index in [1.54, 1.807) is 26.4 Å². The van der Waals surface area contributed by atoms with Gasteiger partial charge in [-0.3, -0.25) is 9.69 Å². The predicted molar refractivity (Wildman–Crippen MR) is 120 cm³/mol. The maximum Gasteiger partial charge on any atom is 0.246 e. The van der Waals surface area contributed by atoms with Crippen molar-refractivity contribution in [2.24, 2.45) is 0 Å². The predicted octanol–water partition coefficient (Wildman–Crippen LogP) is 4.70. The first-order chi connectivity index (χ1) is 15.0. The third-order valence-electron chi connectivity index (χ3n) is 5.12.